The van der Waals surface area contributed by atoms with Gasteiger partial charge in [0, 0.05) is 32.0 Å². The molecule has 128 valence electrons. The summed E-state index contributed by atoms with van der Waals surface area (Å²) in [6.07, 6.45) is 0.880. The molecular weight excluding hydrogens is 306 g/mol. The number of likely N-dealkylation sites (tertiary alicyclic amines) is 1. The number of nitrogens with one attached hydrogen (secondary N) is 1. The first kappa shape index (κ1) is 17.5. The molecule has 1 aliphatic rings. The summed E-state index contributed by atoms with van der Waals surface area (Å²) in [5.41, 5.74) is 0. The SMILES string of the molecule is CN[C@H]1CCN(C(C)=O)C[C@@H]1COc1ccc(OC(F)F)cc1. The van der Waals surface area contributed by atoms with Gasteiger partial charge in [-0.05, 0) is 37.7 Å². The third-order valence-corrected chi connectivity index (χ3v) is 4.06. The minimum absolute atomic E-state index is 0.0676. The number of piperidine rings is 1. The van der Waals surface area contributed by atoms with Crippen molar-refractivity contribution in [2.24, 2.45) is 5.92 Å². The molecule has 0 saturated carbocycles. The number of hydrogen-bond donors (Lipinski definition) is 1. The molecule has 2 rings (SSSR count). The van der Waals surface area contributed by atoms with Gasteiger partial charge in [-0.25, -0.2) is 0 Å². The maximum absolute atomic E-state index is 12.1. The van der Waals surface area contributed by atoms with Crippen molar-refractivity contribution in [3.8, 4) is 11.5 Å². The van der Waals surface area contributed by atoms with E-state index < -0.39 is 6.61 Å². The summed E-state index contributed by atoms with van der Waals surface area (Å²) in [4.78, 5) is 13.3. The highest BCUT2D eigenvalue weighted by Gasteiger charge is 2.29. The summed E-state index contributed by atoms with van der Waals surface area (Å²) in [5.74, 6) is 0.926. The largest absolute Gasteiger partial charge is 0.493 e. The zero-order valence-electron chi connectivity index (χ0n) is 13.3. The molecule has 7 heteroatoms. The second kappa shape index (κ2) is 8.10. The van der Waals surface area contributed by atoms with Crippen LogP contribution in [-0.2, 0) is 4.79 Å². The van der Waals surface area contributed by atoms with Crippen molar-refractivity contribution in [2.45, 2.75) is 26.0 Å². The zero-order valence-corrected chi connectivity index (χ0v) is 13.3. The van der Waals surface area contributed by atoms with Gasteiger partial charge in [0.2, 0.25) is 5.91 Å². The van der Waals surface area contributed by atoms with Crippen molar-refractivity contribution in [1.82, 2.24) is 10.2 Å². The maximum atomic E-state index is 12.1. The molecule has 1 N–H and O–H groups in total. The molecule has 1 fully saturated rings. The average molecular weight is 328 g/mol. The van der Waals surface area contributed by atoms with E-state index >= 15 is 0 Å². The van der Waals surface area contributed by atoms with Crippen molar-refractivity contribution < 1.29 is 23.0 Å². The minimum Gasteiger partial charge on any atom is -0.493 e. The summed E-state index contributed by atoms with van der Waals surface area (Å²) < 4.78 is 34.2. The molecule has 0 spiro atoms. The Balaban J connectivity index is 1.90. The van der Waals surface area contributed by atoms with Crippen molar-refractivity contribution in [2.75, 3.05) is 26.7 Å². The fraction of sp³-hybridized carbons (Fsp3) is 0.562. The molecule has 0 aliphatic carbocycles. The van der Waals surface area contributed by atoms with Gasteiger partial charge >= 0.3 is 6.61 Å². The van der Waals surface area contributed by atoms with Crippen molar-refractivity contribution in [1.29, 1.82) is 0 Å². The highest BCUT2D eigenvalue weighted by Crippen LogP contribution is 2.22. The second-order valence-electron chi connectivity index (χ2n) is 5.57. The molecule has 5 nitrogen and oxygen atoms in total. The number of ether oxygens (including phenoxy) is 2. The lowest BCUT2D eigenvalue weighted by atomic mass is 9.93. The third kappa shape index (κ3) is 5.06. The Hall–Kier alpha value is -1.89. The number of nitrogens with zero attached hydrogens (tertiary/aromatic N) is 1. The minimum atomic E-state index is -2.84. The van der Waals surface area contributed by atoms with E-state index in [4.69, 9.17) is 4.74 Å². The van der Waals surface area contributed by atoms with E-state index in [9.17, 15) is 13.6 Å². The number of amides is 1. The van der Waals surface area contributed by atoms with Gasteiger partial charge in [-0.1, -0.05) is 0 Å². The van der Waals surface area contributed by atoms with Crippen LogP contribution in [0.15, 0.2) is 24.3 Å². The molecule has 0 unspecified atom stereocenters. The fourth-order valence-electron chi connectivity index (χ4n) is 2.79. The van der Waals surface area contributed by atoms with Gasteiger partial charge in [0.15, 0.2) is 0 Å². The van der Waals surface area contributed by atoms with Gasteiger partial charge in [0.05, 0.1) is 6.61 Å². The van der Waals surface area contributed by atoms with Crippen molar-refractivity contribution >= 4 is 5.91 Å². The first-order valence-electron chi connectivity index (χ1n) is 7.60. The Kier molecular flexibility index (Phi) is 6.15. The summed E-state index contributed by atoms with van der Waals surface area (Å²) >= 11 is 0. The van der Waals surface area contributed by atoms with E-state index in [1.807, 2.05) is 11.9 Å². The second-order valence-corrected chi connectivity index (χ2v) is 5.57. The first-order valence-corrected chi connectivity index (χ1v) is 7.60. The topological polar surface area (TPSA) is 50.8 Å². The molecule has 1 amide bonds. The van der Waals surface area contributed by atoms with Crippen LogP contribution in [0.2, 0.25) is 0 Å². The molecule has 1 aromatic rings. The number of carbonyl (C=O) groups is 1. The normalized spacial score (nSPS) is 21.3. The number of hydrogen-bond acceptors (Lipinski definition) is 4. The quantitative estimate of drug-likeness (QED) is 0.869. The van der Waals surface area contributed by atoms with Crippen LogP contribution in [0.4, 0.5) is 8.78 Å². The average Bonchev–Trinajstić information content (AvgIpc) is 2.53. The smallest absolute Gasteiger partial charge is 0.387 e. The van der Waals surface area contributed by atoms with Crippen LogP contribution in [-0.4, -0.2) is 50.2 Å². The van der Waals surface area contributed by atoms with Gasteiger partial charge in [0.1, 0.15) is 11.5 Å². The number of carbonyl (C=O) groups excluding carboxylic acids is 1. The number of halogens is 2. The van der Waals surface area contributed by atoms with Crippen LogP contribution >= 0.6 is 0 Å². The van der Waals surface area contributed by atoms with Crippen LogP contribution in [0.5, 0.6) is 11.5 Å². The third-order valence-electron chi connectivity index (χ3n) is 4.06. The van der Waals surface area contributed by atoms with Gasteiger partial charge in [-0.2, -0.15) is 8.78 Å². The van der Waals surface area contributed by atoms with Crippen LogP contribution in [0.1, 0.15) is 13.3 Å². The lowest BCUT2D eigenvalue weighted by molar-refractivity contribution is -0.131. The Bertz CT molecular complexity index is 511. The van der Waals surface area contributed by atoms with Gasteiger partial charge in [0.25, 0.3) is 0 Å². The van der Waals surface area contributed by atoms with E-state index in [0.717, 1.165) is 13.0 Å². The van der Waals surface area contributed by atoms with E-state index in [2.05, 4.69) is 10.1 Å². The van der Waals surface area contributed by atoms with Crippen LogP contribution in [0.25, 0.3) is 0 Å². The van der Waals surface area contributed by atoms with Crippen molar-refractivity contribution in [3.05, 3.63) is 24.3 Å². The lowest BCUT2D eigenvalue weighted by Crippen LogP contribution is -2.51. The molecule has 2 atom stereocenters. The van der Waals surface area contributed by atoms with Crippen molar-refractivity contribution in [3.63, 3.8) is 0 Å². The maximum Gasteiger partial charge on any atom is 0.387 e. The van der Waals surface area contributed by atoms with E-state index in [0.29, 0.717) is 18.9 Å². The Morgan fingerprint density at radius 3 is 2.57 bits per heavy atom. The van der Waals surface area contributed by atoms with E-state index in [1.54, 1.807) is 19.1 Å². The molecule has 0 bridgehead atoms. The van der Waals surface area contributed by atoms with Gasteiger partial charge in [-0.15, -0.1) is 0 Å². The standard InChI is InChI=1S/C16H22F2N2O3/c1-11(21)20-8-7-15(19-2)12(9-20)10-22-13-3-5-14(6-4-13)23-16(17)18/h3-6,12,15-16,19H,7-10H2,1-2H3/t12-,15+/m1/s1. The van der Waals surface area contributed by atoms with E-state index in [-0.39, 0.29) is 23.6 Å². The Labute approximate surface area is 134 Å². The summed E-state index contributed by atoms with van der Waals surface area (Å²) in [5, 5.41) is 3.26. The van der Waals surface area contributed by atoms with Crippen LogP contribution in [0.3, 0.4) is 0 Å². The predicted molar refractivity (Wildman–Crippen MR) is 81.8 cm³/mol. The molecule has 23 heavy (non-hydrogen) atoms. The molecule has 1 heterocycles. The van der Waals surface area contributed by atoms with Crippen LogP contribution in [0, 0.1) is 5.92 Å². The summed E-state index contributed by atoms with van der Waals surface area (Å²) in [6, 6.07) is 6.36. The Morgan fingerprint density at radius 1 is 1.35 bits per heavy atom. The number of alkyl halides is 2. The highest BCUT2D eigenvalue weighted by atomic mass is 19.3. The summed E-state index contributed by atoms with van der Waals surface area (Å²) in [6.45, 7) is 0.576. The molecule has 1 aromatic carbocycles. The molecule has 0 radical (unpaired) electrons. The van der Waals surface area contributed by atoms with Crippen LogP contribution < -0.4 is 14.8 Å². The van der Waals surface area contributed by atoms with E-state index in [1.165, 1.54) is 12.1 Å². The number of benzene rings is 1. The zero-order chi connectivity index (χ0) is 16.8. The monoisotopic (exact) mass is 328 g/mol. The Morgan fingerprint density at radius 2 is 2.00 bits per heavy atom. The summed E-state index contributed by atoms with van der Waals surface area (Å²) in [7, 11) is 1.90. The molecule has 0 aromatic heterocycles. The predicted octanol–water partition coefficient (Wildman–Crippen LogP) is 2.12. The molecular formula is C16H22F2N2O3. The molecule has 1 saturated heterocycles. The fourth-order valence-corrected chi connectivity index (χ4v) is 2.79. The van der Waals surface area contributed by atoms with Gasteiger partial charge in [-0.3, -0.25) is 4.79 Å². The number of rotatable bonds is 6. The molecule has 1 aliphatic heterocycles. The first-order chi connectivity index (χ1) is 11.0. The highest BCUT2D eigenvalue weighted by molar-refractivity contribution is 5.73. The lowest BCUT2D eigenvalue weighted by Gasteiger charge is -2.37. The van der Waals surface area contributed by atoms with Gasteiger partial charge < -0.3 is 19.7 Å².